The Hall–Kier alpha value is -2.25. The van der Waals surface area contributed by atoms with Crippen molar-refractivity contribution in [2.75, 3.05) is 6.54 Å². The molecule has 8 heteroatoms. The Balaban J connectivity index is 1.65. The molecule has 0 saturated carbocycles. The zero-order valence-corrected chi connectivity index (χ0v) is 12.8. The zero-order chi connectivity index (χ0) is 15.5. The standard InChI is InChI=1S/C14H20N6O2/c1-10(2)14-17-13(18-22-14)11-4-3-6-20(11)12(21)5-7-19-9-15-8-16-19/h8-11H,3-7H2,1-2H3/t11-/m0/s1. The van der Waals surface area contributed by atoms with Crippen molar-refractivity contribution in [3.8, 4) is 0 Å². The summed E-state index contributed by atoms with van der Waals surface area (Å²) in [7, 11) is 0. The normalized spacial score (nSPS) is 18.3. The lowest BCUT2D eigenvalue weighted by molar-refractivity contribution is -0.132. The monoisotopic (exact) mass is 304 g/mol. The highest BCUT2D eigenvalue weighted by Crippen LogP contribution is 2.31. The number of aromatic nitrogens is 5. The first kappa shape index (κ1) is 14.7. The molecule has 1 atom stereocenters. The van der Waals surface area contributed by atoms with E-state index in [9.17, 15) is 4.79 Å². The number of carbonyl (C=O) groups is 1. The fraction of sp³-hybridized carbons (Fsp3) is 0.643. The van der Waals surface area contributed by atoms with E-state index in [0.717, 1.165) is 19.4 Å². The predicted octanol–water partition coefficient (Wildman–Crippen LogP) is 1.54. The van der Waals surface area contributed by atoms with Crippen LogP contribution in [0.15, 0.2) is 17.2 Å². The van der Waals surface area contributed by atoms with E-state index in [4.69, 9.17) is 4.52 Å². The van der Waals surface area contributed by atoms with Crippen LogP contribution in [-0.2, 0) is 11.3 Å². The van der Waals surface area contributed by atoms with Crippen LogP contribution >= 0.6 is 0 Å². The number of rotatable bonds is 5. The number of aryl methyl sites for hydroxylation is 1. The van der Waals surface area contributed by atoms with Gasteiger partial charge in [-0.25, -0.2) is 4.98 Å². The average Bonchev–Trinajstić information content (AvgIpc) is 3.23. The molecule has 0 bridgehead atoms. The van der Waals surface area contributed by atoms with Gasteiger partial charge < -0.3 is 9.42 Å². The van der Waals surface area contributed by atoms with Gasteiger partial charge in [-0.15, -0.1) is 0 Å². The summed E-state index contributed by atoms with van der Waals surface area (Å²) in [5.74, 6) is 1.53. The lowest BCUT2D eigenvalue weighted by atomic mass is 10.2. The highest BCUT2D eigenvalue weighted by molar-refractivity contribution is 5.76. The molecule has 1 aliphatic heterocycles. The second kappa shape index (κ2) is 6.25. The quantitative estimate of drug-likeness (QED) is 0.832. The molecule has 118 valence electrons. The van der Waals surface area contributed by atoms with Gasteiger partial charge in [-0.3, -0.25) is 9.48 Å². The summed E-state index contributed by atoms with van der Waals surface area (Å²) < 4.78 is 6.92. The largest absolute Gasteiger partial charge is 0.339 e. The van der Waals surface area contributed by atoms with Crippen LogP contribution in [0, 0.1) is 0 Å². The number of carbonyl (C=O) groups excluding carboxylic acids is 1. The molecular formula is C14H20N6O2. The summed E-state index contributed by atoms with van der Waals surface area (Å²) in [5, 5.41) is 8.06. The zero-order valence-electron chi connectivity index (χ0n) is 12.8. The van der Waals surface area contributed by atoms with Crippen LogP contribution < -0.4 is 0 Å². The smallest absolute Gasteiger partial charge is 0.229 e. The van der Waals surface area contributed by atoms with Crippen molar-refractivity contribution in [1.82, 2.24) is 29.8 Å². The predicted molar refractivity (Wildman–Crippen MR) is 76.7 cm³/mol. The number of likely N-dealkylation sites (tertiary alicyclic amines) is 1. The van der Waals surface area contributed by atoms with Crippen molar-refractivity contribution >= 4 is 5.91 Å². The van der Waals surface area contributed by atoms with Gasteiger partial charge in [0.1, 0.15) is 12.7 Å². The Morgan fingerprint density at radius 3 is 3.05 bits per heavy atom. The van der Waals surface area contributed by atoms with Crippen LogP contribution in [0.4, 0.5) is 0 Å². The lowest BCUT2D eigenvalue weighted by Crippen LogP contribution is -2.31. The van der Waals surface area contributed by atoms with Crippen molar-refractivity contribution in [3.05, 3.63) is 24.4 Å². The van der Waals surface area contributed by atoms with Crippen LogP contribution in [0.25, 0.3) is 0 Å². The number of amides is 1. The van der Waals surface area contributed by atoms with Gasteiger partial charge in [-0.05, 0) is 12.8 Å². The number of hydrogen-bond donors (Lipinski definition) is 0. The number of nitrogens with zero attached hydrogens (tertiary/aromatic N) is 6. The van der Waals surface area contributed by atoms with Gasteiger partial charge in [-0.2, -0.15) is 10.1 Å². The summed E-state index contributed by atoms with van der Waals surface area (Å²) in [6, 6.07) is -0.0699. The van der Waals surface area contributed by atoms with Crippen molar-refractivity contribution in [1.29, 1.82) is 0 Å². The highest BCUT2D eigenvalue weighted by Gasteiger charge is 2.33. The minimum Gasteiger partial charge on any atom is -0.339 e. The molecule has 1 fully saturated rings. The molecular weight excluding hydrogens is 284 g/mol. The van der Waals surface area contributed by atoms with Crippen LogP contribution in [0.3, 0.4) is 0 Å². The van der Waals surface area contributed by atoms with Crippen molar-refractivity contribution in [2.24, 2.45) is 0 Å². The lowest BCUT2D eigenvalue weighted by Gasteiger charge is -2.22. The maximum atomic E-state index is 12.4. The first-order valence-corrected chi connectivity index (χ1v) is 7.60. The molecule has 3 rings (SSSR count). The molecule has 1 amide bonds. The van der Waals surface area contributed by atoms with Gasteiger partial charge in [0.2, 0.25) is 11.8 Å². The Labute approximate surface area is 128 Å². The Morgan fingerprint density at radius 2 is 2.36 bits per heavy atom. The van der Waals surface area contributed by atoms with Crippen molar-refractivity contribution in [3.63, 3.8) is 0 Å². The van der Waals surface area contributed by atoms with E-state index in [0.29, 0.717) is 24.7 Å². The molecule has 0 spiro atoms. The molecule has 0 aliphatic carbocycles. The molecule has 0 N–H and O–H groups in total. The molecule has 0 radical (unpaired) electrons. The minimum absolute atomic E-state index is 0.0699. The van der Waals surface area contributed by atoms with Crippen LogP contribution in [0.1, 0.15) is 56.8 Å². The van der Waals surface area contributed by atoms with Gasteiger partial charge in [-0.1, -0.05) is 19.0 Å². The summed E-state index contributed by atoms with van der Waals surface area (Å²) in [6.45, 7) is 5.29. The molecule has 2 aromatic rings. The van der Waals surface area contributed by atoms with E-state index in [-0.39, 0.29) is 17.9 Å². The molecule has 0 unspecified atom stereocenters. The topological polar surface area (TPSA) is 89.9 Å². The summed E-state index contributed by atoms with van der Waals surface area (Å²) in [5.41, 5.74) is 0. The molecule has 0 aromatic carbocycles. The molecule has 8 nitrogen and oxygen atoms in total. The van der Waals surface area contributed by atoms with E-state index in [1.807, 2.05) is 18.7 Å². The minimum atomic E-state index is -0.0699. The van der Waals surface area contributed by atoms with E-state index < -0.39 is 0 Å². The Morgan fingerprint density at radius 1 is 1.50 bits per heavy atom. The average molecular weight is 304 g/mol. The molecule has 1 saturated heterocycles. The van der Waals surface area contributed by atoms with Gasteiger partial charge in [0.25, 0.3) is 0 Å². The number of hydrogen-bond acceptors (Lipinski definition) is 6. The Kier molecular flexibility index (Phi) is 4.17. The third kappa shape index (κ3) is 3.00. The van der Waals surface area contributed by atoms with Gasteiger partial charge >= 0.3 is 0 Å². The van der Waals surface area contributed by atoms with E-state index >= 15 is 0 Å². The maximum Gasteiger partial charge on any atom is 0.229 e. The van der Waals surface area contributed by atoms with Crippen molar-refractivity contribution in [2.45, 2.75) is 51.6 Å². The van der Waals surface area contributed by atoms with Crippen LogP contribution in [0.2, 0.25) is 0 Å². The summed E-state index contributed by atoms with van der Waals surface area (Å²) in [6.07, 6.45) is 5.32. The first-order valence-electron chi connectivity index (χ1n) is 7.60. The second-order valence-corrected chi connectivity index (χ2v) is 5.80. The first-order chi connectivity index (χ1) is 10.6. The van der Waals surface area contributed by atoms with E-state index in [2.05, 4.69) is 20.2 Å². The highest BCUT2D eigenvalue weighted by atomic mass is 16.5. The molecule has 3 heterocycles. The van der Waals surface area contributed by atoms with Crippen LogP contribution in [-0.4, -0.2) is 42.3 Å². The fourth-order valence-corrected chi connectivity index (χ4v) is 2.65. The molecule has 2 aromatic heterocycles. The van der Waals surface area contributed by atoms with Gasteiger partial charge in [0.05, 0.1) is 12.6 Å². The summed E-state index contributed by atoms with van der Waals surface area (Å²) in [4.78, 5) is 22.6. The third-order valence-corrected chi connectivity index (χ3v) is 3.84. The maximum absolute atomic E-state index is 12.4. The third-order valence-electron chi connectivity index (χ3n) is 3.84. The summed E-state index contributed by atoms with van der Waals surface area (Å²) >= 11 is 0. The second-order valence-electron chi connectivity index (χ2n) is 5.80. The van der Waals surface area contributed by atoms with E-state index in [1.54, 1.807) is 11.0 Å². The Bertz CT molecular complexity index is 621. The molecule has 22 heavy (non-hydrogen) atoms. The van der Waals surface area contributed by atoms with Crippen molar-refractivity contribution < 1.29 is 9.32 Å². The SMILES string of the molecule is CC(C)c1nc([C@@H]2CCCN2C(=O)CCn2cncn2)no1. The van der Waals surface area contributed by atoms with Gasteiger partial charge in [0.15, 0.2) is 5.82 Å². The van der Waals surface area contributed by atoms with Gasteiger partial charge in [0, 0.05) is 18.9 Å². The van der Waals surface area contributed by atoms with E-state index in [1.165, 1.54) is 6.33 Å². The van der Waals surface area contributed by atoms with Crippen LogP contribution in [0.5, 0.6) is 0 Å². The fourth-order valence-electron chi connectivity index (χ4n) is 2.65. The molecule has 1 aliphatic rings.